The summed E-state index contributed by atoms with van der Waals surface area (Å²) < 4.78 is 15.2. The molecule has 1 heterocycles. The summed E-state index contributed by atoms with van der Waals surface area (Å²) >= 11 is 0. The quantitative estimate of drug-likeness (QED) is 0.0185. The lowest BCUT2D eigenvalue weighted by Crippen LogP contribution is -2.66. The zero-order chi connectivity index (χ0) is 56.3. The van der Waals surface area contributed by atoms with Crippen molar-refractivity contribution in [1.82, 2.24) is 46.6 Å². The number of hydrogen-bond donors (Lipinski definition) is 7. The number of Topliss-reactive ketones (excluding diaryl/α,β-unsaturated/α-hetero) is 3. The number of benzene rings is 3. The van der Waals surface area contributed by atoms with Gasteiger partial charge in [-0.25, -0.2) is 28.9 Å². The normalized spacial score (nSPS) is 12.2. The summed E-state index contributed by atoms with van der Waals surface area (Å²) in [5.74, 6) is -4.53. The van der Waals surface area contributed by atoms with Crippen LogP contribution < -0.4 is 31.9 Å². The molecule has 10 amide bonds. The van der Waals surface area contributed by atoms with E-state index in [0.29, 0.717) is 90.1 Å². The molecule has 24 heteroatoms. The molecular formula is C54H71N9O15. The highest BCUT2D eigenvalue weighted by atomic mass is 16.6. The summed E-state index contributed by atoms with van der Waals surface area (Å²) in [7, 11) is 0. The molecule has 0 spiro atoms. The molecule has 0 unspecified atom stereocenters. The van der Waals surface area contributed by atoms with Gasteiger partial charge in [0.05, 0.1) is 19.6 Å². The first-order valence-electron chi connectivity index (χ1n) is 26.2. The molecule has 7 N–H and O–H groups in total. The zero-order valence-corrected chi connectivity index (χ0v) is 43.7. The van der Waals surface area contributed by atoms with Gasteiger partial charge in [0, 0.05) is 56.0 Å². The van der Waals surface area contributed by atoms with E-state index in [1.54, 1.807) is 54.6 Å². The van der Waals surface area contributed by atoms with Crippen LogP contribution in [0.4, 0.5) is 24.0 Å². The number of urea groups is 2. The Kier molecular flexibility index (Phi) is 28.5. The highest BCUT2D eigenvalue weighted by molar-refractivity contribution is 6.43. The summed E-state index contributed by atoms with van der Waals surface area (Å²) in [4.78, 5) is 140. The molecule has 24 nitrogen and oxygen atoms in total. The van der Waals surface area contributed by atoms with Gasteiger partial charge in [-0.1, -0.05) is 130 Å². The van der Waals surface area contributed by atoms with Crippen molar-refractivity contribution in [2.24, 2.45) is 0 Å². The number of hydrogen-bond acceptors (Lipinski definition) is 15. The molecular weight excluding hydrogens is 1010 g/mol. The van der Waals surface area contributed by atoms with E-state index in [1.165, 1.54) is 46.2 Å². The molecule has 0 radical (unpaired) electrons. The van der Waals surface area contributed by atoms with Gasteiger partial charge in [0.1, 0.15) is 19.8 Å². The Hall–Kier alpha value is -8.41. The molecule has 4 rings (SSSR count). The maximum absolute atomic E-state index is 13.7. The number of alkyl carbamates (subject to hydrolysis) is 3. The first-order valence-corrected chi connectivity index (χ1v) is 26.2. The number of carbonyl (C=O) groups excluding carboxylic acids is 11. The average molecular weight is 1090 g/mol. The molecule has 0 aromatic heterocycles. The van der Waals surface area contributed by atoms with Crippen LogP contribution in [0.5, 0.6) is 0 Å². The predicted octanol–water partition coefficient (Wildman–Crippen LogP) is 4.28. The Morgan fingerprint density at radius 2 is 0.654 bits per heavy atom. The Balaban J connectivity index is 1.13. The van der Waals surface area contributed by atoms with Crippen LogP contribution in [0, 0.1) is 0 Å². The first-order chi connectivity index (χ1) is 37.8. The largest absolute Gasteiger partial charge is 0.448 e. The van der Waals surface area contributed by atoms with Crippen molar-refractivity contribution in [2.45, 2.75) is 83.4 Å². The molecule has 0 bridgehead atoms. The minimum atomic E-state index is -1.50. The number of rotatable bonds is 36. The molecule has 0 aliphatic carbocycles. The third-order valence-corrected chi connectivity index (χ3v) is 11.9. The fourth-order valence-corrected chi connectivity index (χ4v) is 7.69. The number of aliphatic hydroxyl groups excluding tert-OH is 1. The average Bonchev–Trinajstić information content (AvgIpc) is 3.48. The van der Waals surface area contributed by atoms with Crippen molar-refractivity contribution in [3.05, 3.63) is 108 Å². The van der Waals surface area contributed by atoms with Crippen molar-refractivity contribution >= 4 is 65.4 Å². The van der Waals surface area contributed by atoms with Gasteiger partial charge in [0.15, 0.2) is 0 Å². The number of carbonyl (C=O) groups is 11. The van der Waals surface area contributed by atoms with Crippen LogP contribution in [-0.2, 0) is 28.6 Å². The summed E-state index contributed by atoms with van der Waals surface area (Å²) in [5.41, 5.74) is 0.732. The fraction of sp³-hybridized carbons (Fsp3) is 0.463. The fourth-order valence-electron chi connectivity index (χ4n) is 7.69. The lowest BCUT2D eigenvalue weighted by atomic mass is 10.1. The second-order valence-corrected chi connectivity index (χ2v) is 17.7. The van der Waals surface area contributed by atoms with Crippen LogP contribution in [-0.4, -0.2) is 170 Å². The number of amides is 10. The van der Waals surface area contributed by atoms with Crippen LogP contribution in [0.1, 0.15) is 108 Å². The molecule has 422 valence electrons. The Morgan fingerprint density at radius 1 is 0.372 bits per heavy atom. The van der Waals surface area contributed by atoms with Crippen molar-refractivity contribution in [3.8, 4) is 0 Å². The third kappa shape index (κ3) is 22.8. The van der Waals surface area contributed by atoms with Crippen LogP contribution in [0.3, 0.4) is 0 Å². The number of nitrogens with one attached hydrogen (secondary N) is 6. The summed E-state index contributed by atoms with van der Waals surface area (Å²) in [6, 6.07) is 22.9. The summed E-state index contributed by atoms with van der Waals surface area (Å²) in [6.07, 6.45) is 3.42. The van der Waals surface area contributed by atoms with Gasteiger partial charge < -0.3 is 51.2 Å². The van der Waals surface area contributed by atoms with E-state index in [4.69, 9.17) is 14.2 Å². The highest BCUT2D eigenvalue weighted by Gasteiger charge is 2.42. The van der Waals surface area contributed by atoms with E-state index in [9.17, 15) is 57.8 Å². The Morgan fingerprint density at radius 3 is 0.962 bits per heavy atom. The van der Waals surface area contributed by atoms with Crippen LogP contribution in [0.2, 0.25) is 0 Å². The van der Waals surface area contributed by atoms with Crippen LogP contribution in [0.25, 0.3) is 0 Å². The molecule has 3 aromatic rings. The highest BCUT2D eigenvalue weighted by Crippen LogP contribution is 2.21. The van der Waals surface area contributed by atoms with Crippen molar-refractivity contribution in [3.63, 3.8) is 0 Å². The Labute approximate surface area is 452 Å². The van der Waals surface area contributed by atoms with Gasteiger partial charge in [0.2, 0.25) is 23.7 Å². The summed E-state index contributed by atoms with van der Waals surface area (Å²) in [6.45, 7) is 0.671. The van der Waals surface area contributed by atoms with E-state index in [-0.39, 0.29) is 82.3 Å². The predicted molar refractivity (Wildman–Crippen MR) is 282 cm³/mol. The molecule has 78 heavy (non-hydrogen) atoms. The van der Waals surface area contributed by atoms with Gasteiger partial charge in [-0.3, -0.25) is 38.6 Å². The summed E-state index contributed by atoms with van der Waals surface area (Å²) in [5, 5.41) is 26.5. The minimum Gasteiger partial charge on any atom is -0.448 e. The maximum Gasteiger partial charge on any atom is 0.407 e. The number of ketones is 3. The number of ether oxygens (including phenoxy) is 3. The molecule has 0 saturated carbocycles. The second-order valence-electron chi connectivity index (χ2n) is 17.7. The van der Waals surface area contributed by atoms with Gasteiger partial charge in [-0.05, 0) is 38.5 Å². The van der Waals surface area contributed by atoms with E-state index in [0.717, 1.165) is 4.90 Å². The number of aliphatic hydroxyl groups is 1. The van der Waals surface area contributed by atoms with E-state index < -0.39 is 71.8 Å². The maximum atomic E-state index is 13.7. The number of imide groups is 1. The van der Waals surface area contributed by atoms with Crippen LogP contribution >= 0.6 is 0 Å². The second kappa shape index (κ2) is 35.8. The number of nitrogens with zero attached hydrogens (tertiary/aromatic N) is 3. The standard InChI is InChI=1S/C54H71N9O15/c64-43(40-22-10-7-11-23-40)46(67)55-31-37-76-49(70)58-28-16-1-4-19-34-61-52(73)62(35-20-5-2-17-29-59-50(71)77-38-32-56-47(68)44(65)41-24-12-8-13-25-41)54(75)63(53(61)74)36-21-6-3-18-30-60-51(72)78-39-33-57-48(69)45(66)42-26-14-9-15-27-42/h7-15,22-27,52,73H,1-6,16-21,28-39H2,(H,55,67)(H,56,68)(H,57,69)(H,58,70)(H,59,71)(H,60,72). The first kappa shape index (κ1) is 62.1. The monoisotopic (exact) mass is 1090 g/mol. The van der Waals surface area contributed by atoms with Gasteiger partial charge in [-0.15, -0.1) is 0 Å². The number of unbranched alkanes of at least 4 members (excludes halogenated alkanes) is 9. The van der Waals surface area contributed by atoms with Crippen molar-refractivity contribution < 1.29 is 72.1 Å². The zero-order valence-electron chi connectivity index (χ0n) is 43.7. The van der Waals surface area contributed by atoms with Gasteiger partial charge in [0.25, 0.3) is 17.7 Å². The lowest BCUT2D eigenvalue weighted by Gasteiger charge is -2.44. The lowest BCUT2D eigenvalue weighted by molar-refractivity contribution is -0.117. The topological polar surface area (TPSA) is 318 Å². The minimum absolute atomic E-state index is 0.0500. The molecule has 3 aromatic carbocycles. The molecule has 1 aliphatic rings. The van der Waals surface area contributed by atoms with Crippen molar-refractivity contribution in [1.29, 1.82) is 0 Å². The molecule has 1 fully saturated rings. The van der Waals surface area contributed by atoms with Gasteiger partial charge >= 0.3 is 30.3 Å². The molecule has 1 aliphatic heterocycles. The van der Waals surface area contributed by atoms with Crippen LogP contribution in [0.15, 0.2) is 91.0 Å². The SMILES string of the molecule is O=C(NCCCCCCN1C(=O)N(CCCCCCNC(=O)OCCNC(=O)C(=O)c2ccccc2)C(O)N(CCCCCCNC(=O)OCCNC(=O)C(=O)c2ccccc2)C1=O)OCCNC(=O)C(=O)c1ccccc1. The Bertz CT molecular complexity index is 2320. The third-order valence-electron chi connectivity index (χ3n) is 11.9. The van der Waals surface area contributed by atoms with Crippen molar-refractivity contribution in [2.75, 3.05) is 78.7 Å². The van der Waals surface area contributed by atoms with Gasteiger partial charge in [-0.2, -0.15) is 0 Å². The van der Waals surface area contributed by atoms with E-state index >= 15 is 0 Å². The molecule has 0 atom stereocenters. The van der Waals surface area contributed by atoms with E-state index in [2.05, 4.69) is 31.9 Å². The molecule has 1 saturated heterocycles. The smallest absolute Gasteiger partial charge is 0.407 e. The van der Waals surface area contributed by atoms with E-state index in [1.807, 2.05) is 0 Å².